The van der Waals surface area contributed by atoms with Gasteiger partial charge in [-0.15, -0.1) is 0 Å². The van der Waals surface area contributed by atoms with Crippen LogP contribution in [0.3, 0.4) is 0 Å². The first kappa shape index (κ1) is 28.5. The van der Waals surface area contributed by atoms with Crippen LogP contribution in [-0.4, -0.2) is 49.0 Å². The van der Waals surface area contributed by atoms with Crippen molar-refractivity contribution in [2.45, 2.75) is 45.1 Å². The van der Waals surface area contributed by atoms with Crippen molar-refractivity contribution < 1.29 is 19.1 Å². The van der Waals surface area contributed by atoms with Gasteiger partial charge in [0.25, 0.3) is 11.8 Å². The monoisotopic (exact) mass is 543 g/mol. The third kappa shape index (κ3) is 7.11. The van der Waals surface area contributed by atoms with Crippen LogP contribution in [0.2, 0.25) is 0 Å². The van der Waals surface area contributed by atoms with E-state index in [1.165, 1.54) is 0 Å². The smallest absolute Gasteiger partial charge is 0.321 e. The first-order chi connectivity index (χ1) is 19.0. The molecule has 1 unspecified atom stereocenters. The molecule has 3 aromatic rings. The van der Waals surface area contributed by atoms with E-state index < -0.39 is 5.91 Å². The Balaban J connectivity index is 1.44. The summed E-state index contributed by atoms with van der Waals surface area (Å²) in [6.07, 6.45) is 1.59. The Morgan fingerprint density at radius 1 is 0.950 bits per heavy atom. The number of hydrogen-bond acceptors (Lipinski definition) is 5. The fraction of sp³-hybridized carbons (Fsp3) is 0.323. The second kappa shape index (κ2) is 12.1. The number of nitrogens with zero attached hydrogens (tertiary/aromatic N) is 1. The topological polar surface area (TPSA) is 126 Å². The molecule has 0 saturated carbocycles. The van der Waals surface area contributed by atoms with Gasteiger partial charge in [-0.2, -0.15) is 0 Å². The van der Waals surface area contributed by atoms with Crippen molar-refractivity contribution in [3.05, 3.63) is 83.4 Å². The molecule has 1 atom stereocenters. The molecule has 0 aromatic heterocycles. The van der Waals surface area contributed by atoms with Crippen molar-refractivity contribution in [3.63, 3.8) is 0 Å². The molecule has 9 nitrogen and oxygen atoms in total. The Kier molecular flexibility index (Phi) is 8.62. The lowest BCUT2D eigenvalue weighted by molar-refractivity contribution is 0.0998. The van der Waals surface area contributed by atoms with Gasteiger partial charge in [-0.05, 0) is 66.3 Å². The number of nitrogens with one attached hydrogen (secondary N) is 3. The van der Waals surface area contributed by atoms with E-state index >= 15 is 0 Å². The third-order valence-electron chi connectivity index (χ3n) is 6.95. The van der Waals surface area contributed by atoms with Gasteiger partial charge in [0.05, 0.1) is 12.7 Å². The number of amides is 4. The van der Waals surface area contributed by atoms with Crippen molar-refractivity contribution >= 4 is 34.9 Å². The molecule has 1 fully saturated rings. The van der Waals surface area contributed by atoms with Crippen LogP contribution in [0.15, 0.2) is 66.7 Å². The standard InChI is InChI=1S/C31H37N5O4/c1-31(2,3)21-12-10-20(11-13-21)29(38)34-23-14-15-26(28(32)37)27(18-23)33-24-8-6-16-36(19-24)30(39)35-22-7-5-9-25(17-22)40-4/h5,7,9-15,17-18,24,33H,6,8,16,19H2,1-4H3,(H2,32,37)(H,34,38)(H,35,39). The number of primary amides is 1. The van der Waals surface area contributed by atoms with Crippen molar-refractivity contribution in [1.82, 2.24) is 4.90 Å². The largest absolute Gasteiger partial charge is 0.497 e. The molecule has 4 rings (SSSR count). The lowest BCUT2D eigenvalue weighted by Gasteiger charge is -2.34. The zero-order chi connectivity index (χ0) is 28.9. The second-order valence-electron chi connectivity index (χ2n) is 11.0. The van der Waals surface area contributed by atoms with Gasteiger partial charge >= 0.3 is 6.03 Å². The minimum atomic E-state index is -0.582. The predicted molar refractivity (Wildman–Crippen MR) is 158 cm³/mol. The number of piperidine rings is 1. The van der Waals surface area contributed by atoms with Crippen LogP contribution in [0.4, 0.5) is 21.9 Å². The van der Waals surface area contributed by atoms with E-state index in [2.05, 4.69) is 36.7 Å². The fourth-order valence-corrected chi connectivity index (χ4v) is 4.68. The van der Waals surface area contributed by atoms with Crippen LogP contribution in [0.5, 0.6) is 5.75 Å². The third-order valence-corrected chi connectivity index (χ3v) is 6.95. The van der Waals surface area contributed by atoms with Crippen molar-refractivity contribution in [1.29, 1.82) is 0 Å². The summed E-state index contributed by atoms with van der Waals surface area (Å²) in [6, 6.07) is 19.3. The highest BCUT2D eigenvalue weighted by molar-refractivity contribution is 6.05. The number of methoxy groups -OCH3 is 1. The number of urea groups is 1. The van der Waals surface area contributed by atoms with Gasteiger partial charge in [-0.3, -0.25) is 9.59 Å². The molecule has 4 amide bonds. The maximum absolute atomic E-state index is 13.0. The maximum Gasteiger partial charge on any atom is 0.321 e. The summed E-state index contributed by atoms with van der Waals surface area (Å²) in [5.74, 6) is -0.179. The van der Waals surface area contributed by atoms with E-state index in [9.17, 15) is 14.4 Å². The van der Waals surface area contributed by atoms with Crippen LogP contribution in [0.25, 0.3) is 0 Å². The first-order valence-electron chi connectivity index (χ1n) is 13.4. The lowest BCUT2D eigenvalue weighted by Crippen LogP contribution is -2.47. The lowest BCUT2D eigenvalue weighted by atomic mass is 9.87. The zero-order valence-electron chi connectivity index (χ0n) is 23.4. The predicted octanol–water partition coefficient (Wildman–Crippen LogP) is 5.45. The Hall–Kier alpha value is -4.53. The molecule has 0 bridgehead atoms. The highest BCUT2D eigenvalue weighted by Crippen LogP contribution is 2.26. The fourth-order valence-electron chi connectivity index (χ4n) is 4.68. The van der Waals surface area contributed by atoms with E-state index in [4.69, 9.17) is 10.5 Å². The summed E-state index contributed by atoms with van der Waals surface area (Å²) in [7, 11) is 1.58. The van der Waals surface area contributed by atoms with Gasteiger partial charge in [0.2, 0.25) is 0 Å². The Morgan fingerprint density at radius 3 is 2.35 bits per heavy atom. The van der Waals surface area contributed by atoms with Crippen LogP contribution in [0.1, 0.15) is 59.9 Å². The minimum absolute atomic E-state index is 0.00929. The number of rotatable bonds is 7. The molecule has 1 aliphatic rings. The molecule has 0 aliphatic carbocycles. The van der Waals surface area contributed by atoms with Crippen LogP contribution in [-0.2, 0) is 5.41 Å². The average Bonchev–Trinajstić information content (AvgIpc) is 2.93. The van der Waals surface area contributed by atoms with Gasteiger partial charge in [0.15, 0.2) is 0 Å². The van der Waals surface area contributed by atoms with Crippen molar-refractivity contribution in [2.75, 3.05) is 36.1 Å². The molecule has 3 aromatic carbocycles. The molecule has 40 heavy (non-hydrogen) atoms. The molecule has 210 valence electrons. The Labute approximate surface area is 235 Å². The van der Waals surface area contributed by atoms with Crippen LogP contribution in [0, 0.1) is 0 Å². The second-order valence-corrected chi connectivity index (χ2v) is 11.0. The molecule has 1 saturated heterocycles. The molecule has 5 N–H and O–H groups in total. The van der Waals surface area contributed by atoms with Crippen molar-refractivity contribution in [2.24, 2.45) is 5.73 Å². The van der Waals surface area contributed by atoms with Gasteiger partial charge < -0.3 is 31.3 Å². The number of carbonyl (C=O) groups is 3. The molecule has 9 heteroatoms. The van der Waals surface area contributed by atoms with Gasteiger partial charge in [-0.25, -0.2) is 4.79 Å². The molecule has 1 heterocycles. The van der Waals surface area contributed by atoms with E-state index in [0.717, 1.165) is 18.4 Å². The SMILES string of the molecule is COc1cccc(NC(=O)N2CCCC(Nc3cc(NC(=O)c4ccc(C(C)(C)C)cc4)ccc3C(N)=O)C2)c1. The van der Waals surface area contributed by atoms with Gasteiger partial charge in [0.1, 0.15) is 5.75 Å². The summed E-state index contributed by atoms with van der Waals surface area (Å²) in [5, 5.41) is 9.21. The highest BCUT2D eigenvalue weighted by Gasteiger charge is 2.25. The molecule has 1 aliphatic heterocycles. The molecule has 0 spiro atoms. The number of ether oxygens (including phenoxy) is 1. The normalized spacial score (nSPS) is 15.2. The minimum Gasteiger partial charge on any atom is -0.497 e. The number of nitrogens with two attached hydrogens (primary N) is 1. The maximum atomic E-state index is 13.0. The molecular formula is C31H37N5O4. The summed E-state index contributed by atoms with van der Waals surface area (Å²) in [4.78, 5) is 39.8. The quantitative estimate of drug-likeness (QED) is 0.315. The van der Waals surface area contributed by atoms with Crippen LogP contribution >= 0.6 is 0 Å². The van der Waals surface area contributed by atoms with Crippen molar-refractivity contribution in [3.8, 4) is 5.75 Å². The summed E-state index contributed by atoms with van der Waals surface area (Å²) in [6.45, 7) is 7.41. The Bertz CT molecular complexity index is 1380. The van der Waals surface area contributed by atoms with E-state index in [1.807, 2.05) is 24.3 Å². The summed E-state index contributed by atoms with van der Waals surface area (Å²) < 4.78 is 5.23. The van der Waals surface area contributed by atoms with E-state index in [0.29, 0.717) is 47.0 Å². The van der Waals surface area contributed by atoms with E-state index in [1.54, 1.807) is 54.5 Å². The first-order valence-corrected chi connectivity index (χ1v) is 13.4. The number of anilines is 3. The van der Waals surface area contributed by atoms with Gasteiger partial charge in [-0.1, -0.05) is 39.0 Å². The molecular weight excluding hydrogens is 506 g/mol. The number of benzene rings is 3. The number of carbonyl (C=O) groups excluding carboxylic acids is 3. The van der Waals surface area contributed by atoms with Crippen LogP contribution < -0.4 is 26.4 Å². The zero-order valence-corrected chi connectivity index (χ0v) is 23.4. The Morgan fingerprint density at radius 2 is 1.68 bits per heavy atom. The number of likely N-dealkylation sites (tertiary alicyclic amines) is 1. The average molecular weight is 544 g/mol. The summed E-state index contributed by atoms with van der Waals surface area (Å²) >= 11 is 0. The van der Waals surface area contributed by atoms with Gasteiger partial charge in [0, 0.05) is 47.8 Å². The number of hydrogen-bond donors (Lipinski definition) is 4. The highest BCUT2D eigenvalue weighted by atomic mass is 16.5. The molecule has 0 radical (unpaired) electrons. The summed E-state index contributed by atoms with van der Waals surface area (Å²) in [5.41, 5.74) is 9.30. The van der Waals surface area contributed by atoms with E-state index in [-0.39, 0.29) is 23.4 Å².